The maximum absolute atomic E-state index is 13.0. The van der Waals surface area contributed by atoms with Crippen molar-refractivity contribution in [2.45, 2.75) is 40.2 Å². The first kappa shape index (κ1) is 21.3. The van der Waals surface area contributed by atoms with Crippen LogP contribution in [0.5, 0.6) is 0 Å². The number of nitrogens with zero attached hydrogens (tertiary/aromatic N) is 1. The van der Waals surface area contributed by atoms with Gasteiger partial charge in [-0.3, -0.25) is 9.10 Å². The van der Waals surface area contributed by atoms with E-state index in [-0.39, 0.29) is 5.91 Å². The van der Waals surface area contributed by atoms with E-state index in [4.69, 9.17) is 11.6 Å². The van der Waals surface area contributed by atoms with E-state index in [9.17, 15) is 13.2 Å². The van der Waals surface area contributed by atoms with E-state index < -0.39 is 16.1 Å². The Kier molecular flexibility index (Phi) is 6.54. The predicted molar refractivity (Wildman–Crippen MR) is 112 cm³/mol. The molecule has 0 aromatic heterocycles. The zero-order chi connectivity index (χ0) is 20.4. The van der Waals surface area contributed by atoms with E-state index in [2.05, 4.69) is 5.32 Å². The van der Waals surface area contributed by atoms with Crippen LogP contribution >= 0.6 is 11.6 Å². The molecule has 5 nitrogen and oxygen atoms in total. The number of anilines is 2. The standard InChI is InChI=1S/C20H25ClN2O3S/c1-6-19(20(24)22-18-8-7-16(21)12-15(18)4)23(27(5,25)26)17-10-13(2)9-14(3)11-17/h7-12,19H,6H2,1-5H3,(H,22,24)/t19-/m0/s1. The van der Waals surface area contributed by atoms with E-state index in [1.807, 2.05) is 26.8 Å². The van der Waals surface area contributed by atoms with Crippen molar-refractivity contribution >= 4 is 38.9 Å². The largest absolute Gasteiger partial charge is 0.324 e. The Morgan fingerprint density at radius 2 is 1.70 bits per heavy atom. The maximum atomic E-state index is 13.0. The highest BCUT2D eigenvalue weighted by Crippen LogP contribution is 2.26. The molecular formula is C20H25ClN2O3S. The van der Waals surface area contributed by atoms with Gasteiger partial charge in [-0.15, -0.1) is 0 Å². The first-order valence-corrected chi connectivity index (χ1v) is 10.9. The monoisotopic (exact) mass is 408 g/mol. The molecule has 146 valence electrons. The van der Waals surface area contributed by atoms with Crippen molar-refractivity contribution in [3.63, 3.8) is 0 Å². The van der Waals surface area contributed by atoms with Gasteiger partial charge >= 0.3 is 0 Å². The summed E-state index contributed by atoms with van der Waals surface area (Å²) in [6, 6.07) is 9.79. The molecule has 0 heterocycles. The van der Waals surface area contributed by atoms with Crippen LogP contribution in [0, 0.1) is 20.8 Å². The predicted octanol–water partition coefficient (Wildman–Crippen LogP) is 4.45. The number of halogens is 1. The van der Waals surface area contributed by atoms with Crippen LogP contribution in [0.15, 0.2) is 36.4 Å². The summed E-state index contributed by atoms with van der Waals surface area (Å²) >= 11 is 5.96. The Morgan fingerprint density at radius 3 is 2.19 bits per heavy atom. The summed E-state index contributed by atoms with van der Waals surface area (Å²) in [6.07, 6.45) is 1.45. The fourth-order valence-corrected chi connectivity index (χ4v) is 4.54. The molecule has 0 fully saturated rings. The van der Waals surface area contributed by atoms with Gasteiger partial charge in [0.05, 0.1) is 11.9 Å². The van der Waals surface area contributed by atoms with Crippen molar-refractivity contribution in [1.82, 2.24) is 0 Å². The smallest absolute Gasteiger partial charge is 0.248 e. The van der Waals surface area contributed by atoms with Crippen molar-refractivity contribution in [3.05, 3.63) is 58.1 Å². The molecule has 7 heteroatoms. The zero-order valence-corrected chi connectivity index (χ0v) is 17.8. The van der Waals surface area contributed by atoms with Crippen molar-refractivity contribution in [2.75, 3.05) is 15.9 Å². The van der Waals surface area contributed by atoms with Crippen LogP contribution in [0.3, 0.4) is 0 Å². The molecule has 0 radical (unpaired) electrons. The Labute approximate surface area is 166 Å². The van der Waals surface area contributed by atoms with Crippen molar-refractivity contribution < 1.29 is 13.2 Å². The van der Waals surface area contributed by atoms with Crippen LogP contribution in [-0.2, 0) is 14.8 Å². The number of rotatable bonds is 6. The van der Waals surface area contributed by atoms with Crippen LogP contribution in [0.2, 0.25) is 5.02 Å². The van der Waals surface area contributed by atoms with Crippen LogP contribution in [0.4, 0.5) is 11.4 Å². The van der Waals surface area contributed by atoms with Gasteiger partial charge in [-0.2, -0.15) is 0 Å². The third kappa shape index (κ3) is 5.23. The molecule has 0 saturated heterocycles. The lowest BCUT2D eigenvalue weighted by molar-refractivity contribution is -0.117. The Balaban J connectivity index is 2.44. The quantitative estimate of drug-likeness (QED) is 0.767. The lowest BCUT2D eigenvalue weighted by Crippen LogP contribution is -2.47. The number of hydrogen-bond acceptors (Lipinski definition) is 3. The minimum Gasteiger partial charge on any atom is -0.324 e. The molecule has 2 rings (SSSR count). The summed E-state index contributed by atoms with van der Waals surface area (Å²) in [6.45, 7) is 7.42. The lowest BCUT2D eigenvalue weighted by Gasteiger charge is -2.30. The molecule has 0 aliphatic carbocycles. The van der Waals surface area contributed by atoms with Gasteiger partial charge in [0.1, 0.15) is 6.04 Å². The number of benzene rings is 2. The highest BCUT2D eigenvalue weighted by molar-refractivity contribution is 7.92. The van der Waals surface area contributed by atoms with E-state index in [0.717, 1.165) is 22.9 Å². The minimum absolute atomic E-state index is 0.332. The van der Waals surface area contributed by atoms with E-state index in [0.29, 0.717) is 22.8 Å². The number of carbonyl (C=O) groups excluding carboxylic acids is 1. The first-order chi connectivity index (χ1) is 12.5. The summed E-state index contributed by atoms with van der Waals surface area (Å²) in [7, 11) is -3.67. The summed E-state index contributed by atoms with van der Waals surface area (Å²) in [4.78, 5) is 13.0. The second-order valence-corrected chi connectivity index (χ2v) is 9.07. The molecular weight excluding hydrogens is 384 g/mol. The summed E-state index contributed by atoms with van der Waals surface area (Å²) < 4.78 is 26.3. The third-order valence-electron chi connectivity index (χ3n) is 4.24. The molecule has 2 aromatic carbocycles. The second-order valence-electron chi connectivity index (χ2n) is 6.78. The SMILES string of the molecule is CC[C@@H](C(=O)Nc1ccc(Cl)cc1C)N(c1cc(C)cc(C)c1)S(C)(=O)=O. The topological polar surface area (TPSA) is 66.5 Å². The minimum atomic E-state index is -3.67. The average Bonchev–Trinajstić information content (AvgIpc) is 2.52. The van der Waals surface area contributed by atoms with Crippen molar-refractivity contribution in [2.24, 2.45) is 0 Å². The van der Waals surface area contributed by atoms with Gasteiger partial charge in [0.25, 0.3) is 0 Å². The molecule has 1 N–H and O–H groups in total. The van der Waals surface area contributed by atoms with E-state index >= 15 is 0 Å². The van der Waals surface area contributed by atoms with Gasteiger partial charge in [-0.05, 0) is 74.2 Å². The Morgan fingerprint density at radius 1 is 1.11 bits per heavy atom. The number of carbonyl (C=O) groups is 1. The first-order valence-electron chi connectivity index (χ1n) is 8.67. The number of amides is 1. The van der Waals surface area contributed by atoms with Gasteiger partial charge in [-0.1, -0.05) is 24.6 Å². The van der Waals surface area contributed by atoms with Gasteiger partial charge in [0.15, 0.2) is 0 Å². The molecule has 1 amide bonds. The van der Waals surface area contributed by atoms with Crippen LogP contribution in [0.1, 0.15) is 30.0 Å². The van der Waals surface area contributed by atoms with Crippen molar-refractivity contribution in [3.8, 4) is 0 Å². The third-order valence-corrected chi connectivity index (χ3v) is 5.65. The molecule has 1 atom stereocenters. The van der Waals surface area contributed by atoms with Gasteiger partial charge in [-0.25, -0.2) is 8.42 Å². The van der Waals surface area contributed by atoms with Crippen LogP contribution in [-0.4, -0.2) is 26.6 Å². The summed E-state index contributed by atoms with van der Waals surface area (Å²) in [5.41, 5.74) is 3.77. The van der Waals surface area contributed by atoms with Crippen molar-refractivity contribution in [1.29, 1.82) is 0 Å². The van der Waals surface area contributed by atoms with Crippen LogP contribution in [0.25, 0.3) is 0 Å². The van der Waals surface area contributed by atoms with Gasteiger partial charge < -0.3 is 5.32 Å². The Hall–Kier alpha value is -2.05. The normalized spacial score (nSPS) is 12.5. The van der Waals surface area contributed by atoms with Crippen LogP contribution < -0.4 is 9.62 Å². The molecule has 0 saturated carbocycles. The van der Waals surface area contributed by atoms with E-state index in [1.165, 1.54) is 4.31 Å². The second kappa shape index (κ2) is 8.31. The van der Waals surface area contributed by atoms with Gasteiger partial charge in [0.2, 0.25) is 15.9 Å². The Bertz CT molecular complexity index is 937. The molecule has 0 bridgehead atoms. The molecule has 0 aliphatic heterocycles. The number of sulfonamides is 1. The van der Waals surface area contributed by atoms with Gasteiger partial charge in [0, 0.05) is 10.7 Å². The summed E-state index contributed by atoms with van der Waals surface area (Å²) in [5.74, 6) is -0.382. The molecule has 0 spiro atoms. The number of aryl methyl sites for hydroxylation is 3. The molecule has 0 aliphatic rings. The molecule has 0 unspecified atom stereocenters. The highest BCUT2D eigenvalue weighted by Gasteiger charge is 2.32. The fourth-order valence-electron chi connectivity index (χ4n) is 3.12. The zero-order valence-electron chi connectivity index (χ0n) is 16.2. The molecule has 27 heavy (non-hydrogen) atoms. The molecule has 2 aromatic rings. The number of nitrogens with one attached hydrogen (secondary N) is 1. The number of hydrogen-bond donors (Lipinski definition) is 1. The maximum Gasteiger partial charge on any atom is 0.248 e. The lowest BCUT2D eigenvalue weighted by atomic mass is 10.1. The van der Waals surface area contributed by atoms with E-state index in [1.54, 1.807) is 37.3 Å². The summed E-state index contributed by atoms with van der Waals surface area (Å²) in [5, 5.41) is 3.41. The highest BCUT2D eigenvalue weighted by atomic mass is 35.5. The fraction of sp³-hybridized carbons (Fsp3) is 0.350. The average molecular weight is 409 g/mol.